The Morgan fingerprint density at radius 2 is 0.875 bits per heavy atom. The van der Waals surface area contributed by atoms with Crippen LogP contribution in [-0.2, 0) is 0 Å². The molecule has 12 aromatic rings. The van der Waals surface area contributed by atoms with Crippen LogP contribution in [0.1, 0.15) is 0 Å². The predicted octanol–water partition coefficient (Wildman–Crippen LogP) is 6.81. The zero-order valence-electron chi connectivity index (χ0n) is 34.4. The number of thiophene rings is 1. The van der Waals surface area contributed by atoms with Gasteiger partial charge in [-0.2, -0.15) is 0 Å². The third-order valence-corrected chi connectivity index (χ3v) is 14.1. The number of fused-ring (bicyclic) bond motifs is 9. The molecule has 9 aromatic carbocycles. The van der Waals surface area contributed by atoms with Gasteiger partial charge in [0.25, 0.3) is 0 Å². The van der Waals surface area contributed by atoms with Crippen LogP contribution in [0.15, 0.2) is 164 Å². The minimum atomic E-state index is 0.176. The van der Waals surface area contributed by atoms with Crippen molar-refractivity contribution >= 4 is 168 Å². The summed E-state index contributed by atoms with van der Waals surface area (Å²) in [5.74, 6) is 0. The van der Waals surface area contributed by atoms with Crippen molar-refractivity contribution < 1.29 is 0 Å². The number of benzene rings is 9. The van der Waals surface area contributed by atoms with E-state index in [4.69, 9.17) is 54.9 Å². The molecule has 0 atom stereocenters. The molecule has 2 nitrogen and oxygen atoms in total. The Morgan fingerprint density at radius 3 is 1.58 bits per heavy atom. The summed E-state index contributed by atoms with van der Waals surface area (Å²) in [6.07, 6.45) is 0. The lowest BCUT2D eigenvalue weighted by molar-refractivity contribution is 1.19. The van der Waals surface area contributed by atoms with E-state index >= 15 is 0 Å². The first-order valence-corrected chi connectivity index (χ1v) is 21.8. The minimum Gasteiger partial charge on any atom is -0.311 e. The summed E-state index contributed by atoms with van der Waals surface area (Å²) in [6, 6.07) is 56.9. The SMILES string of the molecule is [B]c1c([B])c([B])c2c(c1[B])c1c([B])c(-c3ccc4c(c3)c3cc(-c5ccccc5)ccc3n4-c3cccc4c3sc3ccccc34)c([B])c([B])c1n2-c1cccc(-c2ccccc2)c1. The molecule has 0 aliphatic heterocycles. The van der Waals surface area contributed by atoms with Gasteiger partial charge >= 0.3 is 0 Å². The van der Waals surface area contributed by atoms with Crippen LogP contribution in [0.5, 0.6) is 0 Å². The quantitative estimate of drug-likeness (QED) is 0.169. The first-order valence-electron chi connectivity index (χ1n) is 21.0. The molecular weight excluding hydrogens is 784 g/mol. The van der Waals surface area contributed by atoms with Crippen LogP contribution in [-0.4, -0.2) is 64.1 Å². The average molecular weight is 812 g/mol. The monoisotopic (exact) mass is 812 g/mol. The molecule has 3 aromatic heterocycles. The van der Waals surface area contributed by atoms with Gasteiger partial charge in [-0.3, -0.25) is 0 Å². The van der Waals surface area contributed by atoms with Gasteiger partial charge in [0, 0.05) is 48.4 Å². The van der Waals surface area contributed by atoms with Gasteiger partial charge in [0.15, 0.2) is 0 Å². The van der Waals surface area contributed by atoms with Crippen LogP contribution >= 0.6 is 11.3 Å². The van der Waals surface area contributed by atoms with Crippen molar-refractivity contribution in [2.45, 2.75) is 0 Å². The Labute approximate surface area is 383 Å². The van der Waals surface area contributed by atoms with Crippen LogP contribution in [0.25, 0.3) is 109 Å². The molecule has 0 saturated carbocycles. The third kappa shape index (κ3) is 5.61. The second kappa shape index (κ2) is 14.7. The Hall–Kier alpha value is -6.75. The van der Waals surface area contributed by atoms with Gasteiger partial charge in [0.05, 0.1) is 21.4 Å². The Kier molecular flexibility index (Phi) is 8.91. The number of hydrogen-bond donors (Lipinski definition) is 0. The average Bonchev–Trinajstić information content (AvgIpc) is 4.01. The van der Waals surface area contributed by atoms with Crippen molar-refractivity contribution in [3.63, 3.8) is 0 Å². The van der Waals surface area contributed by atoms with E-state index in [1.165, 1.54) is 20.2 Å². The highest BCUT2D eigenvalue weighted by Gasteiger charge is 2.25. The van der Waals surface area contributed by atoms with Crippen molar-refractivity contribution in [3.8, 4) is 44.8 Å². The summed E-state index contributed by atoms with van der Waals surface area (Å²) in [5, 5.41) is 5.72. The summed E-state index contributed by atoms with van der Waals surface area (Å²) in [6.45, 7) is 0. The highest BCUT2D eigenvalue weighted by atomic mass is 32.1. The van der Waals surface area contributed by atoms with Crippen molar-refractivity contribution in [1.82, 2.24) is 9.13 Å². The molecule has 64 heavy (non-hydrogen) atoms. The second-order valence-corrected chi connectivity index (χ2v) is 17.4. The minimum absolute atomic E-state index is 0.176. The highest BCUT2D eigenvalue weighted by molar-refractivity contribution is 7.26. The van der Waals surface area contributed by atoms with Gasteiger partial charge in [-0.25, -0.2) is 0 Å². The molecule has 0 amide bonds. The molecule has 0 spiro atoms. The van der Waals surface area contributed by atoms with E-state index in [1.54, 1.807) is 0 Å². The maximum atomic E-state index is 7.44. The van der Waals surface area contributed by atoms with Crippen LogP contribution in [0.2, 0.25) is 0 Å². The molecule has 10 heteroatoms. The molecule has 0 unspecified atom stereocenters. The fourth-order valence-corrected chi connectivity index (χ4v) is 11.1. The molecular formula is C54H27B7N2S. The molecule has 0 saturated heterocycles. The summed E-state index contributed by atoms with van der Waals surface area (Å²) in [4.78, 5) is 0. The zero-order chi connectivity index (χ0) is 43.5. The lowest BCUT2D eigenvalue weighted by Gasteiger charge is -2.19. The van der Waals surface area contributed by atoms with E-state index in [1.807, 2.05) is 52.3 Å². The number of hydrogen-bond acceptors (Lipinski definition) is 1. The Bertz CT molecular complexity index is 3930. The van der Waals surface area contributed by atoms with Crippen LogP contribution < -0.4 is 38.2 Å². The summed E-state index contributed by atoms with van der Waals surface area (Å²) in [5.41, 5.74) is 12.7. The van der Waals surface area contributed by atoms with Gasteiger partial charge in [0.2, 0.25) is 0 Å². The van der Waals surface area contributed by atoms with Gasteiger partial charge in [-0.15, -0.1) is 22.3 Å². The van der Waals surface area contributed by atoms with E-state index < -0.39 is 0 Å². The van der Waals surface area contributed by atoms with E-state index in [0.29, 0.717) is 43.8 Å². The fraction of sp³-hybridized carbons (Fsp3) is 0. The second-order valence-electron chi connectivity index (χ2n) is 16.4. The third-order valence-electron chi connectivity index (χ3n) is 12.9. The largest absolute Gasteiger partial charge is 0.311 e. The van der Waals surface area contributed by atoms with Crippen molar-refractivity contribution in [2.24, 2.45) is 0 Å². The molecule has 14 radical (unpaired) electrons. The van der Waals surface area contributed by atoms with Gasteiger partial charge in [0.1, 0.15) is 54.9 Å². The van der Waals surface area contributed by atoms with E-state index in [0.717, 1.165) is 61.0 Å². The topological polar surface area (TPSA) is 9.86 Å². The highest BCUT2D eigenvalue weighted by Crippen LogP contribution is 2.42. The first kappa shape index (κ1) is 38.9. The van der Waals surface area contributed by atoms with Crippen LogP contribution in [0, 0.1) is 0 Å². The van der Waals surface area contributed by atoms with E-state index in [9.17, 15) is 0 Å². The maximum Gasteiger partial charge on any atom is 0.115 e. The lowest BCUT2D eigenvalue weighted by atomic mass is 9.64. The van der Waals surface area contributed by atoms with E-state index in [-0.39, 0.29) is 21.9 Å². The van der Waals surface area contributed by atoms with Crippen molar-refractivity contribution in [3.05, 3.63) is 164 Å². The molecule has 280 valence electrons. The van der Waals surface area contributed by atoms with E-state index in [2.05, 4.69) is 132 Å². The Morgan fingerprint density at radius 1 is 0.344 bits per heavy atom. The Balaban J connectivity index is 1.15. The molecule has 0 bridgehead atoms. The summed E-state index contributed by atoms with van der Waals surface area (Å²) in [7, 11) is 48.9. The molecule has 0 fully saturated rings. The molecule has 0 aliphatic rings. The lowest BCUT2D eigenvalue weighted by Crippen LogP contribution is -2.48. The zero-order valence-corrected chi connectivity index (χ0v) is 35.2. The first-order chi connectivity index (χ1) is 31.2. The maximum absolute atomic E-state index is 7.44. The number of nitrogens with zero attached hydrogens (tertiary/aromatic N) is 2. The molecule has 3 heterocycles. The van der Waals surface area contributed by atoms with Gasteiger partial charge in [-0.1, -0.05) is 143 Å². The van der Waals surface area contributed by atoms with Crippen LogP contribution in [0.3, 0.4) is 0 Å². The standard InChI is InChI=1S/C54H27B7N2S/c55-45-42(46(56)50(60)52-43(45)44-47(57)48(58)49(59)51(61)53(44)62(52)33-16-9-15-30(25-33)28-11-3-1-4-12-28)32-22-24-39-37(27-32)36-26-31(29-13-5-2-6-14-29)21-23-38(36)63(39)40-19-10-18-35-34-17-7-8-20-41(34)64-54(35)40/h1-27H. The molecule has 0 aliphatic carbocycles. The normalized spacial score (nSPS) is 11.9. The summed E-state index contributed by atoms with van der Waals surface area (Å²) >= 11 is 1.81. The van der Waals surface area contributed by atoms with Crippen LogP contribution in [0.4, 0.5) is 0 Å². The molecule has 12 rings (SSSR count). The number of aromatic nitrogens is 2. The van der Waals surface area contributed by atoms with Crippen molar-refractivity contribution in [2.75, 3.05) is 0 Å². The van der Waals surface area contributed by atoms with Crippen molar-refractivity contribution in [1.29, 1.82) is 0 Å². The fourth-order valence-electron chi connectivity index (χ4n) is 9.87. The van der Waals surface area contributed by atoms with Gasteiger partial charge in [-0.05, 0) is 87.3 Å². The summed E-state index contributed by atoms with van der Waals surface area (Å²) < 4.78 is 6.79. The number of rotatable bonds is 5. The predicted molar refractivity (Wildman–Crippen MR) is 282 cm³/mol. The smallest absolute Gasteiger partial charge is 0.115 e. The molecule has 0 N–H and O–H groups in total. The van der Waals surface area contributed by atoms with Gasteiger partial charge < -0.3 is 9.13 Å².